The predicted octanol–water partition coefficient (Wildman–Crippen LogP) is 1.90. The van der Waals surface area contributed by atoms with E-state index in [1.165, 1.54) is 5.56 Å². The van der Waals surface area contributed by atoms with Gasteiger partial charge in [0, 0.05) is 7.05 Å². The average Bonchev–Trinajstić information content (AvgIpc) is 2.19. The number of aliphatic imine (C=N–C) groups is 1. The minimum absolute atomic E-state index is 0. The molecule has 1 aromatic rings. The lowest BCUT2D eigenvalue weighted by atomic mass is 10.1. The lowest BCUT2D eigenvalue weighted by Gasteiger charge is -2.13. The maximum Gasteiger partial charge on any atom is 0.188 e. The fourth-order valence-corrected chi connectivity index (χ4v) is 1.11. The summed E-state index contributed by atoms with van der Waals surface area (Å²) in [5, 5.41) is 3.07. The molecule has 0 bridgehead atoms. The van der Waals surface area contributed by atoms with Crippen molar-refractivity contribution >= 4 is 29.9 Å². The molecule has 78 valence electrons. The molecule has 4 heteroatoms. The van der Waals surface area contributed by atoms with Crippen molar-refractivity contribution in [3.8, 4) is 0 Å². The van der Waals surface area contributed by atoms with Crippen LogP contribution in [0.1, 0.15) is 18.5 Å². The summed E-state index contributed by atoms with van der Waals surface area (Å²) in [5.74, 6) is 0.469. The summed E-state index contributed by atoms with van der Waals surface area (Å²) >= 11 is 0. The number of hydrogen-bond donors (Lipinski definition) is 2. The van der Waals surface area contributed by atoms with Gasteiger partial charge in [0.25, 0.3) is 0 Å². The Hall–Kier alpha value is -0.780. The second-order valence-electron chi connectivity index (χ2n) is 2.89. The van der Waals surface area contributed by atoms with Crippen molar-refractivity contribution in [1.29, 1.82) is 0 Å². The van der Waals surface area contributed by atoms with Crippen molar-refractivity contribution < 1.29 is 0 Å². The van der Waals surface area contributed by atoms with Gasteiger partial charge >= 0.3 is 0 Å². The molecule has 0 saturated carbocycles. The number of hydrogen-bond acceptors (Lipinski definition) is 1. The van der Waals surface area contributed by atoms with Crippen LogP contribution in [0.5, 0.6) is 0 Å². The third kappa shape index (κ3) is 3.95. The van der Waals surface area contributed by atoms with Gasteiger partial charge in [-0.2, -0.15) is 0 Å². The molecule has 0 spiro atoms. The summed E-state index contributed by atoms with van der Waals surface area (Å²) in [7, 11) is 1.67. The monoisotopic (exact) mass is 305 g/mol. The van der Waals surface area contributed by atoms with Crippen molar-refractivity contribution in [1.82, 2.24) is 5.32 Å². The Kier molecular flexibility index (Phi) is 6.27. The molecule has 0 aliphatic heterocycles. The van der Waals surface area contributed by atoms with E-state index in [0.717, 1.165) is 0 Å². The molecule has 0 amide bonds. The molecular formula is C10H16IN3. The fourth-order valence-electron chi connectivity index (χ4n) is 1.11. The van der Waals surface area contributed by atoms with E-state index >= 15 is 0 Å². The van der Waals surface area contributed by atoms with E-state index in [0.29, 0.717) is 5.96 Å². The van der Waals surface area contributed by atoms with Gasteiger partial charge in [0.15, 0.2) is 5.96 Å². The van der Waals surface area contributed by atoms with Crippen molar-refractivity contribution in [3.05, 3.63) is 35.9 Å². The largest absolute Gasteiger partial charge is 0.370 e. The van der Waals surface area contributed by atoms with E-state index in [1.807, 2.05) is 25.1 Å². The number of nitrogens with zero attached hydrogens (tertiary/aromatic N) is 1. The first kappa shape index (κ1) is 13.2. The summed E-state index contributed by atoms with van der Waals surface area (Å²) in [6, 6.07) is 10.3. The van der Waals surface area contributed by atoms with Crippen LogP contribution in [0.4, 0.5) is 0 Å². The van der Waals surface area contributed by atoms with Gasteiger partial charge < -0.3 is 11.1 Å². The highest BCUT2D eigenvalue weighted by Crippen LogP contribution is 2.10. The number of guanidine groups is 1. The number of halogens is 1. The van der Waals surface area contributed by atoms with E-state index < -0.39 is 0 Å². The fraction of sp³-hybridized carbons (Fsp3) is 0.300. The Morgan fingerprint density at radius 2 is 1.93 bits per heavy atom. The molecule has 14 heavy (non-hydrogen) atoms. The topological polar surface area (TPSA) is 50.4 Å². The first-order chi connectivity index (χ1) is 6.24. The highest BCUT2D eigenvalue weighted by molar-refractivity contribution is 14.0. The van der Waals surface area contributed by atoms with Crippen LogP contribution in [-0.2, 0) is 0 Å². The predicted molar refractivity (Wildman–Crippen MR) is 71.0 cm³/mol. The van der Waals surface area contributed by atoms with Crippen LogP contribution in [0.2, 0.25) is 0 Å². The molecule has 0 heterocycles. The first-order valence-electron chi connectivity index (χ1n) is 4.27. The molecule has 3 nitrogen and oxygen atoms in total. The van der Waals surface area contributed by atoms with E-state index in [4.69, 9.17) is 5.73 Å². The molecule has 1 unspecified atom stereocenters. The molecule has 1 rings (SSSR count). The van der Waals surface area contributed by atoms with E-state index in [2.05, 4.69) is 22.4 Å². The van der Waals surface area contributed by atoms with Crippen LogP contribution < -0.4 is 11.1 Å². The minimum atomic E-state index is 0. The Morgan fingerprint density at radius 1 is 1.36 bits per heavy atom. The van der Waals surface area contributed by atoms with Crippen LogP contribution in [0.15, 0.2) is 35.3 Å². The first-order valence-corrected chi connectivity index (χ1v) is 4.27. The van der Waals surface area contributed by atoms with Gasteiger partial charge in [0.05, 0.1) is 6.04 Å². The van der Waals surface area contributed by atoms with Gasteiger partial charge in [0.1, 0.15) is 0 Å². The zero-order chi connectivity index (χ0) is 9.68. The molecule has 0 saturated heterocycles. The number of nitrogens with one attached hydrogen (secondary N) is 1. The molecule has 0 aliphatic rings. The highest BCUT2D eigenvalue weighted by atomic mass is 127. The number of nitrogens with two attached hydrogens (primary N) is 1. The Balaban J connectivity index is 0.00000169. The second-order valence-corrected chi connectivity index (χ2v) is 2.89. The molecule has 1 aromatic carbocycles. The quantitative estimate of drug-likeness (QED) is 0.498. The standard InChI is InChI=1S/C10H15N3.HI/c1-8(13-10(11)12-2)9-6-4-3-5-7-9;/h3-8H,1-2H3,(H3,11,12,13);1H. The zero-order valence-electron chi connectivity index (χ0n) is 8.40. The summed E-state index contributed by atoms with van der Waals surface area (Å²) in [5.41, 5.74) is 6.75. The van der Waals surface area contributed by atoms with Gasteiger partial charge in [-0.3, -0.25) is 4.99 Å². The third-order valence-corrected chi connectivity index (χ3v) is 1.90. The molecule has 0 aliphatic carbocycles. The van der Waals surface area contributed by atoms with Crippen molar-refractivity contribution in [2.75, 3.05) is 7.05 Å². The number of rotatable bonds is 2. The van der Waals surface area contributed by atoms with Gasteiger partial charge in [-0.15, -0.1) is 24.0 Å². The Labute approximate surface area is 102 Å². The van der Waals surface area contributed by atoms with Gasteiger partial charge in [-0.1, -0.05) is 30.3 Å². The molecule has 0 aromatic heterocycles. The normalized spacial score (nSPS) is 12.9. The van der Waals surface area contributed by atoms with Gasteiger partial charge in [-0.05, 0) is 12.5 Å². The smallest absolute Gasteiger partial charge is 0.188 e. The third-order valence-electron chi connectivity index (χ3n) is 1.90. The summed E-state index contributed by atoms with van der Waals surface area (Å²) in [6.07, 6.45) is 0. The van der Waals surface area contributed by atoms with Gasteiger partial charge in [-0.25, -0.2) is 0 Å². The van der Waals surface area contributed by atoms with E-state index in [1.54, 1.807) is 7.05 Å². The lowest BCUT2D eigenvalue weighted by molar-refractivity contribution is 0.711. The maximum absolute atomic E-state index is 5.55. The van der Waals surface area contributed by atoms with E-state index in [9.17, 15) is 0 Å². The van der Waals surface area contributed by atoms with Crippen LogP contribution in [0, 0.1) is 0 Å². The van der Waals surface area contributed by atoms with Crippen LogP contribution in [0.25, 0.3) is 0 Å². The van der Waals surface area contributed by atoms with Crippen LogP contribution >= 0.6 is 24.0 Å². The van der Waals surface area contributed by atoms with Crippen molar-refractivity contribution in [2.45, 2.75) is 13.0 Å². The molecule has 1 atom stereocenters. The molecule has 0 radical (unpaired) electrons. The molecule has 3 N–H and O–H groups in total. The van der Waals surface area contributed by atoms with E-state index in [-0.39, 0.29) is 30.0 Å². The highest BCUT2D eigenvalue weighted by Gasteiger charge is 2.03. The maximum atomic E-state index is 5.55. The van der Waals surface area contributed by atoms with Crippen LogP contribution in [-0.4, -0.2) is 13.0 Å². The van der Waals surface area contributed by atoms with Crippen LogP contribution in [0.3, 0.4) is 0 Å². The zero-order valence-corrected chi connectivity index (χ0v) is 10.7. The Bertz CT molecular complexity index is 285. The summed E-state index contributed by atoms with van der Waals surface area (Å²) in [4.78, 5) is 3.84. The number of benzene rings is 1. The second kappa shape index (κ2) is 6.64. The van der Waals surface area contributed by atoms with Crippen molar-refractivity contribution in [2.24, 2.45) is 10.7 Å². The van der Waals surface area contributed by atoms with Gasteiger partial charge in [0.2, 0.25) is 0 Å². The molecular weight excluding hydrogens is 289 g/mol. The minimum Gasteiger partial charge on any atom is -0.370 e. The van der Waals surface area contributed by atoms with Crippen molar-refractivity contribution in [3.63, 3.8) is 0 Å². The summed E-state index contributed by atoms with van der Waals surface area (Å²) < 4.78 is 0. The lowest BCUT2D eigenvalue weighted by Crippen LogP contribution is -2.33. The average molecular weight is 305 g/mol. The molecule has 0 fully saturated rings. The summed E-state index contributed by atoms with van der Waals surface area (Å²) in [6.45, 7) is 2.05. The SMILES string of the molecule is CN=C(N)NC(C)c1ccccc1.I. The Morgan fingerprint density at radius 3 is 2.43 bits per heavy atom.